The molecule has 1 heterocycles. The first-order chi connectivity index (χ1) is 13.1. The van der Waals surface area contributed by atoms with Crippen molar-refractivity contribution >= 4 is 50.8 Å². The van der Waals surface area contributed by atoms with E-state index in [0.717, 1.165) is 5.56 Å². The second-order valence-corrected chi connectivity index (χ2v) is 8.46. The number of carboxylic acid groups (broad SMARTS) is 1. The second-order valence-electron chi connectivity index (χ2n) is 6.60. The van der Waals surface area contributed by atoms with Gasteiger partial charge in [-0.25, -0.2) is 4.79 Å². The van der Waals surface area contributed by atoms with Gasteiger partial charge in [-0.1, -0.05) is 0 Å². The number of rotatable bonds is 7. The summed E-state index contributed by atoms with van der Waals surface area (Å²) in [7, 11) is 1.47. The van der Waals surface area contributed by atoms with E-state index in [1.165, 1.54) is 18.9 Å². The molecule has 0 saturated carbocycles. The molecule has 0 aliphatic carbocycles. The monoisotopic (exact) mass is 470 g/mol. The number of carbonyl (C=O) groups excluding carboxylic acids is 1. The third-order valence-corrected chi connectivity index (χ3v) is 5.20. The average molecular weight is 471 g/mol. The van der Waals surface area contributed by atoms with E-state index in [-0.39, 0.29) is 18.0 Å². The predicted octanol–water partition coefficient (Wildman–Crippen LogP) is 4.01. The van der Waals surface area contributed by atoms with Gasteiger partial charge < -0.3 is 14.6 Å². The Hall–Kier alpha value is -2.00. The molecule has 152 valence electrons. The molecule has 28 heavy (non-hydrogen) atoms. The van der Waals surface area contributed by atoms with Gasteiger partial charge in [0.1, 0.15) is 0 Å². The lowest BCUT2D eigenvalue weighted by atomic mass is 10.1. The topological polar surface area (TPSA) is 88.4 Å². The van der Waals surface area contributed by atoms with Crippen molar-refractivity contribution in [2.75, 3.05) is 13.7 Å². The fraction of sp³-hybridized carbons (Fsp3) is 0.421. The molecule has 1 fully saturated rings. The summed E-state index contributed by atoms with van der Waals surface area (Å²) in [6.07, 6.45) is 1.76. The Kier molecular flexibility index (Phi) is 7.54. The van der Waals surface area contributed by atoms with Crippen molar-refractivity contribution in [1.29, 1.82) is 0 Å². The van der Waals surface area contributed by atoms with Gasteiger partial charge in [0.15, 0.2) is 23.3 Å². The standard InChI is InChI=1S/C19H23BrN2O5S/c1-10(2)21-19-22(11(3)4)18(25)15(28-19)8-12-6-13(20)17(14(7-12)26-5)27-9-16(23)24/h6-8,10-11H,9H2,1-5H3,(H,23,24)/b15-8+,21-19?. The van der Waals surface area contributed by atoms with E-state index in [4.69, 9.17) is 14.6 Å². The van der Waals surface area contributed by atoms with Crippen LogP contribution in [0.25, 0.3) is 6.08 Å². The fourth-order valence-electron chi connectivity index (χ4n) is 2.50. The number of hydrogen-bond acceptors (Lipinski definition) is 6. The molecular weight excluding hydrogens is 448 g/mol. The Labute approximate surface area is 176 Å². The number of carbonyl (C=O) groups is 2. The first-order valence-corrected chi connectivity index (χ1v) is 10.3. The predicted molar refractivity (Wildman–Crippen MR) is 114 cm³/mol. The highest BCUT2D eigenvalue weighted by atomic mass is 79.9. The van der Waals surface area contributed by atoms with Gasteiger partial charge in [0.05, 0.1) is 16.5 Å². The summed E-state index contributed by atoms with van der Waals surface area (Å²) < 4.78 is 11.1. The van der Waals surface area contributed by atoms with Crippen molar-refractivity contribution in [3.05, 3.63) is 27.1 Å². The molecule has 2 rings (SSSR count). The lowest BCUT2D eigenvalue weighted by Gasteiger charge is -2.20. The number of halogens is 1. The van der Waals surface area contributed by atoms with E-state index >= 15 is 0 Å². The Balaban J connectivity index is 2.40. The lowest BCUT2D eigenvalue weighted by Crippen LogP contribution is -2.35. The van der Waals surface area contributed by atoms with Crippen LogP contribution in [0.3, 0.4) is 0 Å². The van der Waals surface area contributed by atoms with Crippen LogP contribution in [0.4, 0.5) is 0 Å². The number of benzene rings is 1. The lowest BCUT2D eigenvalue weighted by molar-refractivity contribution is -0.139. The number of methoxy groups -OCH3 is 1. The van der Waals surface area contributed by atoms with Crippen LogP contribution in [0, 0.1) is 0 Å². The number of thioether (sulfide) groups is 1. The molecule has 0 spiro atoms. The maximum Gasteiger partial charge on any atom is 0.341 e. The minimum atomic E-state index is -1.08. The number of amides is 1. The summed E-state index contributed by atoms with van der Waals surface area (Å²) in [6, 6.07) is 3.52. The number of carboxylic acids is 1. The molecule has 1 amide bonds. The van der Waals surface area contributed by atoms with Crippen LogP contribution in [-0.4, -0.2) is 52.9 Å². The summed E-state index contributed by atoms with van der Waals surface area (Å²) in [5.74, 6) is -0.516. The Bertz CT molecular complexity index is 836. The molecule has 0 aromatic heterocycles. The summed E-state index contributed by atoms with van der Waals surface area (Å²) >= 11 is 4.72. The van der Waals surface area contributed by atoms with Crippen molar-refractivity contribution in [2.24, 2.45) is 4.99 Å². The molecule has 0 atom stereocenters. The molecule has 9 heteroatoms. The Morgan fingerprint density at radius 2 is 2.04 bits per heavy atom. The number of aliphatic imine (C=N–C) groups is 1. The van der Waals surface area contributed by atoms with Gasteiger partial charge in [0.25, 0.3) is 5.91 Å². The summed E-state index contributed by atoms with van der Waals surface area (Å²) in [6.45, 7) is 7.35. The minimum absolute atomic E-state index is 0.00327. The zero-order valence-corrected chi connectivity index (χ0v) is 18.8. The van der Waals surface area contributed by atoms with Gasteiger partial charge in [-0.2, -0.15) is 0 Å². The SMILES string of the molecule is COc1cc(/C=C2/SC(=NC(C)C)N(C(C)C)C2=O)cc(Br)c1OCC(=O)O. The van der Waals surface area contributed by atoms with Gasteiger partial charge in [0.2, 0.25) is 0 Å². The van der Waals surface area contributed by atoms with Crippen molar-refractivity contribution in [2.45, 2.75) is 39.8 Å². The molecule has 0 bridgehead atoms. The highest BCUT2D eigenvalue weighted by Crippen LogP contribution is 2.39. The molecule has 1 N–H and O–H groups in total. The third-order valence-electron chi connectivity index (χ3n) is 3.61. The number of aliphatic carboxylic acids is 1. The Morgan fingerprint density at radius 3 is 2.57 bits per heavy atom. The molecule has 1 aliphatic rings. The summed E-state index contributed by atoms with van der Waals surface area (Å²) in [5, 5.41) is 9.50. The van der Waals surface area contributed by atoms with Gasteiger partial charge in [-0.05, 0) is 79.2 Å². The maximum absolute atomic E-state index is 12.9. The van der Waals surface area contributed by atoms with E-state index in [1.54, 1.807) is 23.1 Å². The van der Waals surface area contributed by atoms with Crippen LogP contribution >= 0.6 is 27.7 Å². The van der Waals surface area contributed by atoms with Crippen LogP contribution in [0.5, 0.6) is 11.5 Å². The largest absolute Gasteiger partial charge is 0.493 e. The van der Waals surface area contributed by atoms with Crippen LogP contribution in [0.15, 0.2) is 26.5 Å². The molecule has 1 aliphatic heterocycles. The highest BCUT2D eigenvalue weighted by Gasteiger charge is 2.35. The number of ether oxygens (including phenoxy) is 2. The third kappa shape index (κ3) is 5.29. The van der Waals surface area contributed by atoms with E-state index < -0.39 is 12.6 Å². The quantitative estimate of drug-likeness (QED) is 0.605. The number of nitrogens with zero attached hydrogens (tertiary/aromatic N) is 2. The average Bonchev–Trinajstić information content (AvgIpc) is 2.87. The van der Waals surface area contributed by atoms with Gasteiger partial charge in [-0.3, -0.25) is 14.7 Å². The zero-order chi connectivity index (χ0) is 21.0. The normalized spacial score (nSPS) is 17.3. The van der Waals surface area contributed by atoms with Crippen molar-refractivity contribution in [3.63, 3.8) is 0 Å². The molecule has 1 aromatic carbocycles. The smallest absolute Gasteiger partial charge is 0.341 e. The molecule has 1 aromatic rings. The summed E-state index contributed by atoms with van der Waals surface area (Å²) in [4.78, 5) is 30.4. The number of hydrogen-bond donors (Lipinski definition) is 1. The van der Waals surface area contributed by atoms with Crippen molar-refractivity contribution in [1.82, 2.24) is 4.90 Å². The van der Waals surface area contributed by atoms with E-state index in [2.05, 4.69) is 20.9 Å². The van der Waals surface area contributed by atoms with Crippen molar-refractivity contribution < 1.29 is 24.2 Å². The van der Waals surface area contributed by atoms with Gasteiger partial charge in [0, 0.05) is 12.1 Å². The second kappa shape index (κ2) is 9.47. The Morgan fingerprint density at radius 1 is 1.36 bits per heavy atom. The molecule has 0 unspecified atom stereocenters. The van der Waals surface area contributed by atoms with Crippen molar-refractivity contribution in [3.8, 4) is 11.5 Å². The number of amidine groups is 1. The fourth-order valence-corrected chi connectivity index (χ4v) is 4.31. The maximum atomic E-state index is 12.9. The van der Waals surface area contributed by atoms with Crippen LogP contribution in [-0.2, 0) is 9.59 Å². The molecule has 7 nitrogen and oxygen atoms in total. The van der Waals surface area contributed by atoms with Crippen LogP contribution in [0.1, 0.15) is 33.3 Å². The van der Waals surface area contributed by atoms with Crippen LogP contribution < -0.4 is 9.47 Å². The van der Waals surface area contributed by atoms with Gasteiger partial charge >= 0.3 is 5.97 Å². The van der Waals surface area contributed by atoms with E-state index in [1.807, 2.05) is 27.7 Å². The van der Waals surface area contributed by atoms with E-state index in [0.29, 0.717) is 26.0 Å². The van der Waals surface area contributed by atoms with E-state index in [9.17, 15) is 9.59 Å². The molecule has 1 saturated heterocycles. The highest BCUT2D eigenvalue weighted by molar-refractivity contribution is 9.10. The molecule has 0 radical (unpaired) electrons. The van der Waals surface area contributed by atoms with Gasteiger partial charge in [-0.15, -0.1) is 0 Å². The summed E-state index contributed by atoms with van der Waals surface area (Å²) in [5.41, 5.74) is 0.719. The van der Waals surface area contributed by atoms with Crippen LogP contribution in [0.2, 0.25) is 0 Å². The minimum Gasteiger partial charge on any atom is -0.493 e. The molecular formula is C19H23BrN2O5S. The first kappa shape index (κ1) is 22.3. The zero-order valence-electron chi connectivity index (χ0n) is 16.4. The first-order valence-electron chi connectivity index (χ1n) is 8.67.